The number of anilines is 2. The van der Waals surface area contributed by atoms with Crippen LogP contribution in [0, 0.1) is 10.1 Å². The van der Waals surface area contributed by atoms with Crippen molar-refractivity contribution in [1.29, 1.82) is 0 Å². The summed E-state index contributed by atoms with van der Waals surface area (Å²) in [6.45, 7) is 4.75. The molecule has 0 aliphatic rings. The van der Waals surface area contributed by atoms with Crippen LogP contribution in [0.2, 0.25) is 5.02 Å². The summed E-state index contributed by atoms with van der Waals surface area (Å²) in [4.78, 5) is 46.1. The maximum atomic E-state index is 11.8. The predicted molar refractivity (Wildman–Crippen MR) is 129 cm³/mol. The molecule has 2 aromatic carbocycles. The number of ether oxygens (including phenoxy) is 2. The molecular weight excluding hydrogens is 482 g/mol. The Labute approximate surface area is 206 Å². The molecule has 0 bridgehead atoms. The topological polar surface area (TPSA) is 153 Å². The highest BCUT2D eigenvalue weighted by molar-refractivity contribution is 6.33. The third-order valence-electron chi connectivity index (χ3n) is 4.40. The molecule has 0 aliphatic heterocycles. The van der Waals surface area contributed by atoms with Crippen molar-refractivity contribution in [2.24, 2.45) is 10.2 Å². The Kier molecular flexibility index (Phi) is 10.1. The van der Waals surface area contributed by atoms with Crippen LogP contribution in [0.15, 0.2) is 46.6 Å². The maximum Gasteiger partial charge on any atom is 0.302 e. The molecule has 13 heteroatoms. The number of hydrogen-bond donors (Lipinski definition) is 1. The van der Waals surface area contributed by atoms with Crippen molar-refractivity contribution in [2.75, 3.05) is 36.5 Å². The number of non-ortho nitro benzene ring substituents is 1. The second kappa shape index (κ2) is 13.0. The number of esters is 2. The van der Waals surface area contributed by atoms with E-state index in [0.717, 1.165) is 6.07 Å². The number of carbonyl (C=O) groups is 3. The van der Waals surface area contributed by atoms with Gasteiger partial charge in [-0.15, -0.1) is 10.2 Å². The van der Waals surface area contributed by atoms with Crippen LogP contribution in [0.3, 0.4) is 0 Å². The van der Waals surface area contributed by atoms with Gasteiger partial charge in [0, 0.05) is 38.6 Å². The lowest BCUT2D eigenvalue weighted by molar-refractivity contribution is -0.384. The number of nitro benzene ring substituents is 1. The summed E-state index contributed by atoms with van der Waals surface area (Å²) in [6, 6.07) is 8.74. The van der Waals surface area contributed by atoms with E-state index in [9.17, 15) is 24.5 Å². The van der Waals surface area contributed by atoms with Gasteiger partial charge in [-0.25, -0.2) is 0 Å². The second-order valence-corrected chi connectivity index (χ2v) is 7.55. The average molecular weight is 506 g/mol. The van der Waals surface area contributed by atoms with Crippen molar-refractivity contribution in [3.8, 4) is 0 Å². The largest absolute Gasteiger partial charge is 0.464 e. The first kappa shape index (κ1) is 27.2. The summed E-state index contributed by atoms with van der Waals surface area (Å²) in [7, 11) is 0. The molecule has 2 rings (SSSR count). The lowest BCUT2D eigenvalue weighted by Gasteiger charge is -2.25. The number of nitrogens with one attached hydrogen (secondary N) is 1. The SMILES string of the molecule is CC(=O)Nc1cc(N(CCOC(C)=O)CCOC(C)=O)ccc1/N=N/c1ccc([N+](=O)[O-])cc1Cl. The predicted octanol–water partition coefficient (Wildman–Crippen LogP) is 4.55. The van der Waals surface area contributed by atoms with Gasteiger partial charge in [0.2, 0.25) is 5.91 Å². The van der Waals surface area contributed by atoms with E-state index in [2.05, 4.69) is 15.5 Å². The molecule has 1 N–H and O–H groups in total. The minimum Gasteiger partial charge on any atom is -0.464 e. The molecule has 0 atom stereocenters. The van der Waals surface area contributed by atoms with Crippen molar-refractivity contribution in [1.82, 2.24) is 0 Å². The minimum absolute atomic E-state index is 0.0442. The van der Waals surface area contributed by atoms with Gasteiger partial charge < -0.3 is 19.7 Å². The molecule has 0 fully saturated rings. The number of nitro groups is 1. The molecule has 0 saturated carbocycles. The first-order valence-corrected chi connectivity index (χ1v) is 10.7. The molecule has 186 valence electrons. The summed E-state index contributed by atoms with van der Waals surface area (Å²) in [6.07, 6.45) is 0. The highest BCUT2D eigenvalue weighted by atomic mass is 35.5. The second-order valence-electron chi connectivity index (χ2n) is 7.14. The molecular formula is C22H24ClN5O7. The van der Waals surface area contributed by atoms with Gasteiger partial charge in [0.1, 0.15) is 24.6 Å². The van der Waals surface area contributed by atoms with Crippen LogP contribution in [0.5, 0.6) is 0 Å². The van der Waals surface area contributed by atoms with Crippen LogP contribution in [0.4, 0.5) is 28.4 Å². The van der Waals surface area contributed by atoms with E-state index >= 15 is 0 Å². The Balaban J connectivity index is 2.33. The van der Waals surface area contributed by atoms with Gasteiger partial charge in [-0.05, 0) is 24.3 Å². The fraction of sp³-hybridized carbons (Fsp3) is 0.318. The standard InChI is InChI=1S/C22H24ClN5O7/c1-14(29)24-22-13-17(27(8-10-34-15(2)30)9-11-35-16(3)31)4-7-21(22)26-25-20-6-5-18(28(32)33)12-19(20)23/h4-7,12-13H,8-11H2,1-3H3,(H,24,29)/b26-25+. The lowest BCUT2D eigenvalue weighted by Crippen LogP contribution is -2.32. The van der Waals surface area contributed by atoms with Crippen LogP contribution in [-0.2, 0) is 23.9 Å². The summed E-state index contributed by atoms with van der Waals surface area (Å²) >= 11 is 6.07. The van der Waals surface area contributed by atoms with Gasteiger partial charge in [-0.3, -0.25) is 24.5 Å². The normalized spacial score (nSPS) is 10.6. The van der Waals surface area contributed by atoms with Crippen molar-refractivity contribution >= 4 is 57.9 Å². The van der Waals surface area contributed by atoms with E-state index < -0.39 is 16.9 Å². The quantitative estimate of drug-likeness (QED) is 0.202. The van der Waals surface area contributed by atoms with Gasteiger partial charge in [-0.1, -0.05) is 11.6 Å². The number of benzene rings is 2. The zero-order valence-electron chi connectivity index (χ0n) is 19.3. The number of halogens is 1. The Morgan fingerprint density at radius 2 is 1.54 bits per heavy atom. The smallest absolute Gasteiger partial charge is 0.302 e. The summed E-state index contributed by atoms with van der Waals surface area (Å²) < 4.78 is 10.0. The molecule has 1 amide bonds. The zero-order chi connectivity index (χ0) is 26.0. The molecule has 2 aromatic rings. The Morgan fingerprint density at radius 1 is 0.971 bits per heavy atom. The van der Waals surface area contributed by atoms with Gasteiger partial charge in [0.05, 0.1) is 28.7 Å². The van der Waals surface area contributed by atoms with E-state index in [1.165, 1.54) is 32.9 Å². The van der Waals surface area contributed by atoms with E-state index in [1.54, 1.807) is 18.2 Å². The molecule has 12 nitrogen and oxygen atoms in total. The van der Waals surface area contributed by atoms with Crippen molar-refractivity contribution in [3.63, 3.8) is 0 Å². The molecule has 0 unspecified atom stereocenters. The number of rotatable bonds is 11. The van der Waals surface area contributed by atoms with Gasteiger partial charge in [-0.2, -0.15) is 0 Å². The highest BCUT2D eigenvalue weighted by Crippen LogP contribution is 2.34. The third-order valence-corrected chi connectivity index (χ3v) is 4.70. The molecule has 0 saturated heterocycles. The minimum atomic E-state index is -0.574. The Morgan fingerprint density at radius 3 is 2.06 bits per heavy atom. The zero-order valence-corrected chi connectivity index (χ0v) is 20.1. The first-order valence-electron chi connectivity index (χ1n) is 10.4. The van der Waals surface area contributed by atoms with Crippen molar-refractivity contribution in [3.05, 3.63) is 51.5 Å². The number of hydrogen-bond acceptors (Lipinski definition) is 10. The van der Waals surface area contributed by atoms with Crippen LogP contribution < -0.4 is 10.2 Å². The monoisotopic (exact) mass is 505 g/mol. The van der Waals surface area contributed by atoms with Gasteiger partial charge in [0.25, 0.3) is 5.69 Å². The van der Waals surface area contributed by atoms with E-state index in [4.69, 9.17) is 21.1 Å². The van der Waals surface area contributed by atoms with Crippen LogP contribution >= 0.6 is 11.6 Å². The van der Waals surface area contributed by atoms with Crippen LogP contribution in [0.25, 0.3) is 0 Å². The molecule has 35 heavy (non-hydrogen) atoms. The number of carbonyl (C=O) groups excluding carboxylic acids is 3. The fourth-order valence-electron chi connectivity index (χ4n) is 2.87. The fourth-order valence-corrected chi connectivity index (χ4v) is 3.08. The van der Waals surface area contributed by atoms with E-state index in [-0.39, 0.29) is 35.5 Å². The maximum absolute atomic E-state index is 11.8. The van der Waals surface area contributed by atoms with Crippen molar-refractivity contribution in [2.45, 2.75) is 20.8 Å². The number of nitrogens with zero attached hydrogens (tertiary/aromatic N) is 4. The molecule has 0 aromatic heterocycles. The van der Waals surface area contributed by atoms with E-state index in [0.29, 0.717) is 30.2 Å². The Bertz CT molecular complexity index is 1120. The number of azo groups is 1. The number of amides is 1. The van der Waals surface area contributed by atoms with Crippen LogP contribution in [-0.4, -0.2) is 49.1 Å². The lowest BCUT2D eigenvalue weighted by atomic mass is 10.2. The summed E-state index contributed by atoms with van der Waals surface area (Å²) in [5.74, 6) is -1.20. The molecule has 0 spiro atoms. The molecule has 0 heterocycles. The first-order chi connectivity index (χ1) is 16.6. The van der Waals surface area contributed by atoms with E-state index in [1.807, 2.05) is 4.90 Å². The average Bonchev–Trinajstić information content (AvgIpc) is 2.77. The highest BCUT2D eigenvalue weighted by Gasteiger charge is 2.13. The Hall–Kier alpha value is -4.06. The summed E-state index contributed by atoms with van der Waals surface area (Å²) in [5.41, 5.74) is 1.31. The molecule has 0 aliphatic carbocycles. The van der Waals surface area contributed by atoms with Crippen molar-refractivity contribution < 1.29 is 28.8 Å². The van der Waals surface area contributed by atoms with Gasteiger partial charge in [0.15, 0.2) is 0 Å². The summed E-state index contributed by atoms with van der Waals surface area (Å²) in [5, 5.41) is 21.8. The third kappa shape index (κ3) is 9.01. The molecule has 0 radical (unpaired) electrons. The van der Waals surface area contributed by atoms with Crippen LogP contribution in [0.1, 0.15) is 20.8 Å². The van der Waals surface area contributed by atoms with Gasteiger partial charge >= 0.3 is 11.9 Å².